The number of hydrogen-bond acceptors (Lipinski definition) is 6. The summed E-state index contributed by atoms with van der Waals surface area (Å²) in [5.74, 6) is 0.158. The molecule has 3 aromatic carbocycles. The number of anilines is 1. The first kappa shape index (κ1) is 34.1. The second-order valence-electron chi connectivity index (χ2n) is 10.7. The summed E-state index contributed by atoms with van der Waals surface area (Å²) in [5, 5.41) is 31.3. The Morgan fingerprint density at radius 2 is 0.625 bits per heavy atom. The zero-order chi connectivity index (χ0) is 31.5. The van der Waals surface area contributed by atoms with E-state index in [1.165, 1.54) is 27.8 Å². The van der Waals surface area contributed by atoms with E-state index in [-0.39, 0.29) is 22.0 Å². The van der Waals surface area contributed by atoms with Gasteiger partial charge in [-0.15, -0.1) is 0 Å². The standard InChI is InChI=1S/C11H15NO2.C11H17N.C10H13NO3/c1-6-7(2)9(4)11(12(13)14)10(5)8(6)3;1-6-7(2)9(4)11(12)10(5)8(6)3;1-5-7(3)10(12)8(4)6(2)9(5)11(13)14/h1-5H3;12H2,1-5H3;12H,1-4H3. The van der Waals surface area contributed by atoms with Crippen molar-refractivity contribution in [2.75, 3.05) is 5.73 Å². The van der Waals surface area contributed by atoms with Crippen LogP contribution in [0.15, 0.2) is 0 Å². The summed E-state index contributed by atoms with van der Waals surface area (Å²) in [6.45, 7) is 26.8. The van der Waals surface area contributed by atoms with Crippen molar-refractivity contribution >= 4 is 17.1 Å². The maximum Gasteiger partial charge on any atom is 0.275 e. The lowest BCUT2D eigenvalue weighted by molar-refractivity contribution is -0.386. The summed E-state index contributed by atoms with van der Waals surface area (Å²) >= 11 is 0. The molecule has 0 atom stereocenters. The van der Waals surface area contributed by atoms with Crippen LogP contribution in [0.3, 0.4) is 0 Å². The highest BCUT2D eigenvalue weighted by atomic mass is 16.6. The molecule has 0 spiro atoms. The third kappa shape index (κ3) is 6.43. The average Bonchev–Trinajstić information content (AvgIpc) is 2.90. The SMILES string of the molecule is Cc1c(C)c(C)c(N)c(C)c1C.Cc1c(C)c(C)c([N+](=O)[O-])c(C)c1C.Cc1c(C)c([N+](=O)[O-])c(C)c(C)c1O. The molecule has 0 fully saturated rings. The van der Waals surface area contributed by atoms with Crippen molar-refractivity contribution in [2.24, 2.45) is 0 Å². The molecule has 0 aromatic heterocycles. The molecule has 0 saturated heterocycles. The van der Waals surface area contributed by atoms with Crippen LogP contribution in [0.2, 0.25) is 0 Å². The smallest absolute Gasteiger partial charge is 0.275 e. The summed E-state index contributed by atoms with van der Waals surface area (Å²) in [6, 6.07) is 0. The highest BCUT2D eigenvalue weighted by Gasteiger charge is 2.22. The lowest BCUT2D eigenvalue weighted by Gasteiger charge is -2.15. The van der Waals surface area contributed by atoms with Gasteiger partial charge in [0.05, 0.1) is 9.85 Å². The Morgan fingerprint density at radius 3 is 0.875 bits per heavy atom. The molecule has 8 nitrogen and oxygen atoms in total. The van der Waals surface area contributed by atoms with E-state index in [0.29, 0.717) is 22.3 Å². The number of nitro benzene ring substituents is 2. The van der Waals surface area contributed by atoms with Crippen LogP contribution in [0, 0.1) is 117 Å². The lowest BCUT2D eigenvalue weighted by Crippen LogP contribution is -2.02. The average molecular weight is 552 g/mol. The van der Waals surface area contributed by atoms with Gasteiger partial charge in [0.1, 0.15) is 5.75 Å². The fourth-order valence-electron chi connectivity index (χ4n) is 4.83. The molecule has 0 aliphatic heterocycles. The first-order chi connectivity index (χ1) is 18.2. The minimum Gasteiger partial charge on any atom is -0.507 e. The van der Waals surface area contributed by atoms with E-state index in [1.807, 2.05) is 34.6 Å². The highest BCUT2D eigenvalue weighted by Crippen LogP contribution is 2.36. The van der Waals surface area contributed by atoms with E-state index in [0.717, 1.165) is 33.5 Å². The van der Waals surface area contributed by atoms with E-state index in [2.05, 4.69) is 34.6 Å². The largest absolute Gasteiger partial charge is 0.507 e. The van der Waals surface area contributed by atoms with Gasteiger partial charge in [0.25, 0.3) is 11.4 Å². The predicted octanol–water partition coefficient (Wildman–Crippen LogP) is 8.48. The van der Waals surface area contributed by atoms with Gasteiger partial charge in [-0.1, -0.05) is 0 Å². The zero-order valence-electron chi connectivity index (χ0n) is 26.6. The summed E-state index contributed by atoms with van der Waals surface area (Å²) in [5.41, 5.74) is 20.8. The number of nitrogen functional groups attached to an aromatic ring is 1. The number of nitro groups is 2. The molecule has 40 heavy (non-hydrogen) atoms. The lowest BCUT2D eigenvalue weighted by atomic mass is 9.93. The van der Waals surface area contributed by atoms with Gasteiger partial charge in [0.2, 0.25) is 0 Å². The molecular weight excluding hydrogens is 506 g/mol. The quantitative estimate of drug-likeness (QED) is 0.186. The Hall–Kier alpha value is -3.94. The van der Waals surface area contributed by atoms with Crippen LogP contribution < -0.4 is 5.73 Å². The van der Waals surface area contributed by atoms with Crippen molar-refractivity contribution in [3.63, 3.8) is 0 Å². The van der Waals surface area contributed by atoms with E-state index in [9.17, 15) is 25.3 Å². The van der Waals surface area contributed by atoms with Crippen molar-refractivity contribution in [1.82, 2.24) is 0 Å². The number of hydrogen-bond donors (Lipinski definition) is 2. The van der Waals surface area contributed by atoms with Crippen molar-refractivity contribution in [3.8, 4) is 5.75 Å². The molecule has 0 unspecified atom stereocenters. The third-order valence-corrected chi connectivity index (χ3v) is 8.93. The minimum atomic E-state index is -0.399. The first-order valence-corrected chi connectivity index (χ1v) is 13.2. The first-order valence-electron chi connectivity index (χ1n) is 13.2. The van der Waals surface area contributed by atoms with Gasteiger partial charge >= 0.3 is 0 Å². The van der Waals surface area contributed by atoms with Gasteiger partial charge in [-0.05, 0) is 141 Å². The Morgan fingerprint density at radius 1 is 0.425 bits per heavy atom. The summed E-state index contributed by atoms with van der Waals surface area (Å²) in [6.07, 6.45) is 0. The van der Waals surface area contributed by atoms with Crippen LogP contribution in [0.5, 0.6) is 5.75 Å². The molecule has 0 saturated carbocycles. The summed E-state index contributed by atoms with van der Waals surface area (Å²) in [4.78, 5) is 21.0. The number of benzene rings is 3. The van der Waals surface area contributed by atoms with Gasteiger partial charge < -0.3 is 10.8 Å². The van der Waals surface area contributed by atoms with Crippen LogP contribution in [0.4, 0.5) is 17.1 Å². The van der Waals surface area contributed by atoms with Gasteiger partial charge in [-0.2, -0.15) is 0 Å². The number of nitrogens with two attached hydrogens (primary N) is 1. The molecule has 0 aliphatic carbocycles. The Labute approximate surface area is 238 Å². The number of aromatic hydroxyl groups is 1. The molecule has 0 radical (unpaired) electrons. The molecule has 0 amide bonds. The van der Waals surface area contributed by atoms with Crippen LogP contribution in [0.25, 0.3) is 0 Å². The molecule has 3 rings (SSSR count). The fourth-order valence-corrected chi connectivity index (χ4v) is 4.83. The second kappa shape index (κ2) is 12.9. The van der Waals surface area contributed by atoms with Crippen LogP contribution in [-0.4, -0.2) is 15.0 Å². The number of phenols is 1. The van der Waals surface area contributed by atoms with Crippen molar-refractivity contribution in [1.29, 1.82) is 0 Å². The van der Waals surface area contributed by atoms with Gasteiger partial charge in [-0.25, -0.2) is 0 Å². The zero-order valence-corrected chi connectivity index (χ0v) is 26.6. The van der Waals surface area contributed by atoms with Gasteiger partial charge in [0, 0.05) is 39.1 Å². The van der Waals surface area contributed by atoms with E-state index < -0.39 is 4.92 Å². The summed E-state index contributed by atoms with van der Waals surface area (Å²) in [7, 11) is 0. The van der Waals surface area contributed by atoms with Gasteiger partial charge in [-0.3, -0.25) is 20.2 Å². The normalized spacial score (nSPS) is 10.3. The Kier molecular flexibility index (Phi) is 11.0. The van der Waals surface area contributed by atoms with Crippen LogP contribution in [0.1, 0.15) is 77.9 Å². The number of nitrogens with zero attached hydrogens (tertiary/aromatic N) is 2. The molecule has 0 aliphatic rings. The number of rotatable bonds is 2. The van der Waals surface area contributed by atoms with E-state index in [1.54, 1.807) is 27.7 Å². The topological polar surface area (TPSA) is 133 Å². The number of phenolic OH excluding ortho intramolecular Hbond substituents is 1. The van der Waals surface area contributed by atoms with Crippen molar-refractivity contribution in [2.45, 2.75) is 96.9 Å². The fraction of sp³-hybridized carbons (Fsp3) is 0.438. The summed E-state index contributed by atoms with van der Waals surface area (Å²) < 4.78 is 0. The molecule has 3 aromatic rings. The van der Waals surface area contributed by atoms with Crippen LogP contribution >= 0.6 is 0 Å². The third-order valence-electron chi connectivity index (χ3n) is 8.93. The molecule has 218 valence electrons. The maximum absolute atomic E-state index is 10.9. The second-order valence-corrected chi connectivity index (χ2v) is 10.7. The predicted molar refractivity (Wildman–Crippen MR) is 165 cm³/mol. The highest BCUT2D eigenvalue weighted by molar-refractivity contribution is 5.62. The molecular formula is C32H45N3O5. The monoisotopic (exact) mass is 551 g/mol. The Balaban J connectivity index is 0.000000301. The van der Waals surface area contributed by atoms with Crippen LogP contribution in [-0.2, 0) is 0 Å². The maximum atomic E-state index is 10.9. The molecule has 3 N–H and O–H groups in total. The van der Waals surface area contributed by atoms with Crippen molar-refractivity contribution < 1.29 is 15.0 Å². The molecule has 8 heteroatoms. The minimum absolute atomic E-state index is 0.109. The van der Waals surface area contributed by atoms with Crippen molar-refractivity contribution in [3.05, 3.63) is 98.1 Å². The van der Waals surface area contributed by atoms with E-state index in [4.69, 9.17) is 5.73 Å². The van der Waals surface area contributed by atoms with Gasteiger partial charge in [0.15, 0.2) is 0 Å². The van der Waals surface area contributed by atoms with E-state index >= 15 is 0 Å². The Bertz CT molecular complexity index is 1260. The molecule has 0 bridgehead atoms. The molecule has 0 heterocycles.